The molecule has 1 aliphatic heterocycles. The van der Waals surface area contributed by atoms with Gasteiger partial charge in [-0.15, -0.1) is 0 Å². The number of nitrogens with zero attached hydrogens (tertiary/aromatic N) is 1. The van der Waals surface area contributed by atoms with Crippen molar-refractivity contribution in [2.75, 3.05) is 25.0 Å². The maximum atomic E-state index is 5.57. The normalized spacial score (nSPS) is 19.4. The predicted molar refractivity (Wildman–Crippen MR) is 68.4 cm³/mol. The fourth-order valence-corrected chi connectivity index (χ4v) is 3.06. The Labute approximate surface area is 99.6 Å². The van der Waals surface area contributed by atoms with Gasteiger partial charge in [-0.3, -0.25) is 0 Å². The number of halogens is 1. The van der Waals surface area contributed by atoms with Crippen LogP contribution in [0.15, 0.2) is 22.7 Å². The Balaban J connectivity index is 2.27. The van der Waals surface area contributed by atoms with Crippen molar-refractivity contribution in [3.63, 3.8) is 0 Å². The molecule has 1 atom stereocenters. The van der Waals surface area contributed by atoms with E-state index >= 15 is 0 Å². The van der Waals surface area contributed by atoms with E-state index in [1.165, 1.54) is 22.1 Å². The van der Waals surface area contributed by atoms with Crippen molar-refractivity contribution in [1.29, 1.82) is 0 Å². The highest BCUT2D eigenvalue weighted by molar-refractivity contribution is 9.10. The summed E-state index contributed by atoms with van der Waals surface area (Å²) in [6.07, 6.45) is 2.30. The summed E-state index contributed by atoms with van der Waals surface area (Å²) < 4.78 is 1.24. The smallest absolute Gasteiger partial charge is 0.0411 e. The quantitative estimate of drug-likeness (QED) is 0.914. The number of rotatable bonds is 3. The van der Waals surface area contributed by atoms with Crippen molar-refractivity contribution in [2.24, 2.45) is 5.73 Å². The van der Waals surface area contributed by atoms with Crippen LogP contribution in [0, 0.1) is 0 Å². The molecule has 0 radical (unpaired) electrons. The molecule has 15 heavy (non-hydrogen) atoms. The van der Waals surface area contributed by atoms with Crippen molar-refractivity contribution >= 4 is 21.6 Å². The molecule has 0 aliphatic carbocycles. The van der Waals surface area contributed by atoms with Gasteiger partial charge in [0.1, 0.15) is 0 Å². The van der Waals surface area contributed by atoms with E-state index in [0.29, 0.717) is 5.92 Å². The lowest BCUT2D eigenvalue weighted by Gasteiger charge is -2.12. The van der Waals surface area contributed by atoms with Crippen LogP contribution in [0.5, 0.6) is 0 Å². The average molecular weight is 269 g/mol. The monoisotopic (exact) mass is 268 g/mol. The summed E-state index contributed by atoms with van der Waals surface area (Å²) in [5, 5.41) is 0. The second-order valence-electron chi connectivity index (χ2n) is 4.18. The molecule has 0 saturated carbocycles. The van der Waals surface area contributed by atoms with Crippen LogP contribution < -0.4 is 10.6 Å². The molecule has 0 amide bonds. The van der Waals surface area contributed by atoms with Gasteiger partial charge in [0.2, 0.25) is 0 Å². The van der Waals surface area contributed by atoms with Gasteiger partial charge in [0, 0.05) is 29.7 Å². The molecule has 1 heterocycles. The van der Waals surface area contributed by atoms with Crippen molar-refractivity contribution in [3.8, 4) is 0 Å². The van der Waals surface area contributed by atoms with E-state index in [1.54, 1.807) is 0 Å². The molecule has 2 rings (SSSR count). The SMILES string of the molecule is CN1CC(CCCN)c2c(Br)cccc21. The van der Waals surface area contributed by atoms with Gasteiger partial charge in [-0.25, -0.2) is 0 Å². The number of hydrogen-bond donors (Lipinski definition) is 1. The number of anilines is 1. The van der Waals surface area contributed by atoms with Crippen LogP contribution >= 0.6 is 15.9 Å². The van der Waals surface area contributed by atoms with Gasteiger partial charge in [0.05, 0.1) is 0 Å². The predicted octanol–water partition coefficient (Wildman–Crippen LogP) is 2.72. The van der Waals surface area contributed by atoms with E-state index in [1.807, 2.05) is 0 Å². The molecule has 1 aliphatic rings. The van der Waals surface area contributed by atoms with Gasteiger partial charge in [0.15, 0.2) is 0 Å². The Bertz CT molecular complexity index is 351. The summed E-state index contributed by atoms with van der Waals surface area (Å²) in [6.45, 7) is 1.91. The minimum Gasteiger partial charge on any atom is -0.374 e. The Morgan fingerprint density at radius 2 is 2.33 bits per heavy atom. The molecule has 3 heteroatoms. The summed E-state index contributed by atoms with van der Waals surface area (Å²) in [6, 6.07) is 6.43. The first kappa shape index (κ1) is 11.0. The lowest BCUT2D eigenvalue weighted by molar-refractivity contribution is 0.619. The molecule has 0 spiro atoms. The Hall–Kier alpha value is -0.540. The van der Waals surface area contributed by atoms with Crippen LogP contribution in [0.1, 0.15) is 24.3 Å². The van der Waals surface area contributed by atoms with Crippen LogP contribution in [0.4, 0.5) is 5.69 Å². The molecule has 82 valence electrons. The van der Waals surface area contributed by atoms with Crippen molar-refractivity contribution < 1.29 is 0 Å². The zero-order valence-electron chi connectivity index (χ0n) is 9.04. The summed E-state index contributed by atoms with van der Waals surface area (Å²) in [5.41, 5.74) is 8.41. The van der Waals surface area contributed by atoms with Gasteiger partial charge in [-0.2, -0.15) is 0 Å². The Morgan fingerprint density at radius 3 is 3.07 bits per heavy atom. The molecule has 0 aromatic heterocycles. The van der Waals surface area contributed by atoms with Crippen molar-refractivity contribution in [1.82, 2.24) is 0 Å². The van der Waals surface area contributed by atoms with E-state index in [9.17, 15) is 0 Å². The summed E-state index contributed by atoms with van der Waals surface area (Å²) >= 11 is 3.65. The van der Waals surface area contributed by atoms with Gasteiger partial charge >= 0.3 is 0 Å². The maximum Gasteiger partial charge on any atom is 0.0411 e. The van der Waals surface area contributed by atoms with Crippen LogP contribution in [0.2, 0.25) is 0 Å². The van der Waals surface area contributed by atoms with Crippen LogP contribution in [0.25, 0.3) is 0 Å². The summed E-state index contributed by atoms with van der Waals surface area (Å²) in [7, 11) is 2.16. The fraction of sp³-hybridized carbons (Fsp3) is 0.500. The largest absolute Gasteiger partial charge is 0.374 e. The molecule has 1 aromatic rings. The number of nitrogens with two attached hydrogens (primary N) is 1. The van der Waals surface area contributed by atoms with Crippen molar-refractivity contribution in [2.45, 2.75) is 18.8 Å². The highest BCUT2D eigenvalue weighted by atomic mass is 79.9. The van der Waals surface area contributed by atoms with Crippen LogP contribution in [-0.4, -0.2) is 20.1 Å². The molecule has 2 N–H and O–H groups in total. The second kappa shape index (κ2) is 4.54. The number of benzene rings is 1. The van der Waals surface area contributed by atoms with E-state index < -0.39 is 0 Å². The van der Waals surface area contributed by atoms with Gasteiger partial charge in [-0.1, -0.05) is 22.0 Å². The third-order valence-electron chi connectivity index (χ3n) is 3.10. The molecule has 0 bridgehead atoms. The van der Waals surface area contributed by atoms with E-state index in [4.69, 9.17) is 5.73 Å². The minimum absolute atomic E-state index is 0.643. The average Bonchev–Trinajstić information content (AvgIpc) is 2.55. The third-order valence-corrected chi connectivity index (χ3v) is 3.79. The molecule has 2 nitrogen and oxygen atoms in total. The highest BCUT2D eigenvalue weighted by Crippen LogP contribution is 2.41. The van der Waals surface area contributed by atoms with E-state index in [0.717, 1.165) is 19.5 Å². The van der Waals surface area contributed by atoms with E-state index in [-0.39, 0.29) is 0 Å². The zero-order valence-corrected chi connectivity index (χ0v) is 10.6. The molecule has 1 unspecified atom stereocenters. The van der Waals surface area contributed by atoms with Gasteiger partial charge in [0.25, 0.3) is 0 Å². The maximum absolute atomic E-state index is 5.57. The summed E-state index contributed by atoms with van der Waals surface area (Å²) in [4.78, 5) is 2.33. The standard InChI is InChI=1S/C12H17BrN2/c1-15-8-9(4-3-7-14)12-10(13)5-2-6-11(12)15/h2,5-6,9H,3-4,7-8,14H2,1H3. The van der Waals surface area contributed by atoms with Crippen LogP contribution in [0.3, 0.4) is 0 Å². The first-order valence-electron chi connectivity index (χ1n) is 5.43. The molecule has 0 saturated heterocycles. The third kappa shape index (κ3) is 2.04. The number of fused-ring (bicyclic) bond motifs is 1. The van der Waals surface area contributed by atoms with Gasteiger partial charge < -0.3 is 10.6 Å². The Morgan fingerprint density at radius 1 is 1.53 bits per heavy atom. The van der Waals surface area contributed by atoms with Crippen molar-refractivity contribution in [3.05, 3.63) is 28.2 Å². The first-order chi connectivity index (χ1) is 7.24. The highest BCUT2D eigenvalue weighted by Gasteiger charge is 2.27. The lowest BCUT2D eigenvalue weighted by Crippen LogP contribution is -2.15. The fourth-order valence-electron chi connectivity index (χ4n) is 2.38. The molecular formula is C12H17BrN2. The Kier molecular flexibility index (Phi) is 3.32. The second-order valence-corrected chi connectivity index (χ2v) is 5.04. The topological polar surface area (TPSA) is 29.3 Å². The van der Waals surface area contributed by atoms with Crippen LogP contribution in [-0.2, 0) is 0 Å². The molecule has 0 fully saturated rings. The van der Waals surface area contributed by atoms with Gasteiger partial charge in [-0.05, 0) is 37.1 Å². The molecular weight excluding hydrogens is 252 g/mol. The molecule has 1 aromatic carbocycles. The minimum atomic E-state index is 0.643. The number of likely N-dealkylation sites (N-methyl/N-ethyl adjacent to an activating group) is 1. The summed E-state index contributed by atoms with van der Waals surface area (Å²) in [5.74, 6) is 0.643. The van der Waals surface area contributed by atoms with E-state index in [2.05, 4.69) is 46.1 Å². The lowest BCUT2D eigenvalue weighted by atomic mass is 9.96. The zero-order chi connectivity index (χ0) is 10.8. The number of hydrogen-bond acceptors (Lipinski definition) is 2. The first-order valence-corrected chi connectivity index (χ1v) is 6.23.